The minimum atomic E-state index is -0.687. The lowest BCUT2D eigenvalue weighted by atomic mass is 10.0. The van der Waals surface area contributed by atoms with Gasteiger partial charge in [0.1, 0.15) is 0 Å². The Balaban J connectivity index is 3.38. The van der Waals surface area contributed by atoms with E-state index in [1.165, 1.54) is 13.0 Å². The van der Waals surface area contributed by atoms with Crippen LogP contribution >= 0.6 is 0 Å². The molecule has 16 heavy (non-hydrogen) atoms. The van der Waals surface area contributed by atoms with Crippen molar-refractivity contribution in [2.45, 2.75) is 13.3 Å². The first-order valence-electron chi connectivity index (χ1n) is 4.50. The van der Waals surface area contributed by atoms with E-state index in [9.17, 15) is 20.2 Å². The second-order valence-corrected chi connectivity index (χ2v) is 3.24. The van der Waals surface area contributed by atoms with Crippen LogP contribution in [0.3, 0.4) is 0 Å². The first kappa shape index (κ1) is 12.1. The maximum Gasteiger partial charge on any atom is 0.279 e. The highest BCUT2D eigenvalue weighted by Gasteiger charge is 2.20. The predicted molar refractivity (Wildman–Crippen MR) is 55.3 cm³/mol. The van der Waals surface area contributed by atoms with Gasteiger partial charge in [-0.1, -0.05) is 0 Å². The molecule has 0 aliphatic rings. The van der Waals surface area contributed by atoms with Crippen molar-refractivity contribution >= 4 is 11.4 Å². The van der Waals surface area contributed by atoms with Crippen LogP contribution in [-0.4, -0.2) is 21.6 Å². The van der Waals surface area contributed by atoms with E-state index in [-0.39, 0.29) is 24.4 Å². The zero-order chi connectivity index (χ0) is 12.3. The summed E-state index contributed by atoms with van der Waals surface area (Å²) in [6.07, 6.45) is 0.161. The third-order valence-electron chi connectivity index (χ3n) is 2.26. The monoisotopic (exact) mass is 226 g/mol. The van der Waals surface area contributed by atoms with Crippen LogP contribution in [0.1, 0.15) is 11.1 Å². The van der Waals surface area contributed by atoms with Gasteiger partial charge < -0.3 is 5.11 Å². The lowest BCUT2D eigenvalue weighted by Crippen LogP contribution is -2.01. The maximum atomic E-state index is 10.7. The van der Waals surface area contributed by atoms with Crippen LogP contribution in [0, 0.1) is 27.2 Å². The normalized spacial score (nSPS) is 10.1. The minimum absolute atomic E-state index is 0.161. The average molecular weight is 226 g/mol. The van der Waals surface area contributed by atoms with Crippen LogP contribution in [0.4, 0.5) is 11.4 Å². The summed E-state index contributed by atoms with van der Waals surface area (Å²) in [6.45, 7) is 1.30. The van der Waals surface area contributed by atoms with Crippen LogP contribution in [-0.2, 0) is 6.42 Å². The summed E-state index contributed by atoms with van der Waals surface area (Å²) in [5.74, 6) is 0. The van der Waals surface area contributed by atoms with Crippen LogP contribution in [0.5, 0.6) is 0 Å². The highest BCUT2D eigenvalue weighted by atomic mass is 16.6. The molecule has 0 radical (unpaired) electrons. The summed E-state index contributed by atoms with van der Waals surface area (Å²) >= 11 is 0. The van der Waals surface area contributed by atoms with E-state index in [0.29, 0.717) is 11.1 Å². The van der Waals surface area contributed by atoms with Gasteiger partial charge in [-0.15, -0.1) is 0 Å². The first-order valence-corrected chi connectivity index (χ1v) is 4.50. The molecule has 86 valence electrons. The van der Waals surface area contributed by atoms with Gasteiger partial charge in [0, 0.05) is 18.2 Å². The molecule has 0 spiro atoms. The number of nitrogens with zero attached hydrogens (tertiary/aromatic N) is 2. The number of non-ortho nitro benzene ring substituents is 1. The molecule has 1 aromatic rings. The molecule has 0 unspecified atom stereocenters. The molecule has 7 nitrogen and oxygen atoms in total. The van der Waals surface area contributed by atoms with E-state index >= 15 is 0 Å². The number of hydrogen-bond acceptors (Lipinski definition) is 5. The Labute approximate surface area is 90.6 Å². The van der Waals surface area contributed by atoms with Gasteiger partial charge in [-0.3, -0.25) is 20.2 Å². The minimum Gasteiger partial charge on any atom is -0.396 e. The molecule has 0 heterocycles. The quantitative estimate of drug-likeness (QED) is 0.615. The number of benzene rings is 1. The Morgan fingerprint density at radius 3 is 2.31 bits per heavy atom. The standard InChI is InChI=1S/C9H10N2O5/c1-6-7(2-3-12)4-8(10(13)14)5-9(6)11(15)16/h4-5,12H,2-3H2,1H3. The third kappa shape index (κ3) is 2.31. The summed E-state index contributed by atoms with van der Waals surface area (Å²) in [5, 5.41) is 30.0. The van der Waals surface area contributed by atoms with Gasteiger partial charge in [-0.2, -0.15) is 0 Å². The zero-order valence-electron chi connectivity index (χ0n) is 8.54. The fourth-order valence-corrected chi connectivity index (χ4v) is 1.42. The molecule has 1 rings (SSSR count). The molecule has 0 aliphatic carbocycles. The molecular formula is C9H10N2O5. The van der Waals surface area contributed by atoms with Gasteiger partial charge >= 0.3 is 0 Å². The van der Waals surface area contributed by atoms with Crippen molar-refractivity contribution in [3.8, 4) is 0 Å². The molecule has 1 N–H and O–H groups in total. The van der Waals surface area contributed by atoms with E-state index in [4.69, 9.17) is 5.11 Å². The molecule has 0 fully saturated rings. The number of rotatable bonds is 4. The fourth-order valence-electron chi connectivity index (χ4n) is 1.42. The summed E-state index contributed by atoms with van der Waals surface area (Å²) < 4.78 is 0. The van der Waals surface area contributed by atoms with Crippen molar-refractivity contribution in [3.63, 3.8) is 0 Å². The summed E-state index contributed by atoms with van der Waals surface area (Å²) in [5.41, 5.74) is 0.145. The molecule has 1 aromatic carbocycles. The predicted octanol–water partition coefficient (Wildman–Crippen LogP) is 1.35. The third-order valence-corrected chi connectivity index (χ3v) is 2.26. The fraction of sp³-hybridized carbons (Fsp3) is 0.333. The number of aliphatic hydroxyl groups excluding tert-OH is 1. The lowest BCUT2D eigenvalue weighted by molar-refractivity contribution is -0.394. The molecule has 0 aliphatic heterocycles. The van der Waals surface area contributed by atoms with Crippen molar-refractivity contribution in [1.82, 2.24) is 0 Å². The number of aliphatic hydroxyl groups is 1. The van der Waals surface area contributed by atoms with Crippen molar-refractivity contribution in [2.24, 2.45) is 0 Å². The highest BCUT2D eigenvalue weighted by Crippen LogP contribution is 2.28. The van der Waals surface area contributed by atoms with Crippen LogP contribution in [0.25, 0.3) is 0 Å². The summed E-state index contributed by atoms with van der Waals surface area (Å²) in [7, 11) is 0. The number of nitro benzene ring substituents is 2. The molecule has 7 heteroatoms. The molecule has 0 saturated carbocycles. The Morgan fingerprint density at radius 2 is 1.88 bits per heavy atom. The van der Waals surface area contributed by atoms with Crippen LogP contribution < -0.4 is 0 Å². The second-order valence-electron chi connectivity index (χ2n) is 3.24. The largest absolute Gasteiger partial charge is 0.396 e. The molecular weight excluding hydrogens is 216 g/mol. The van der Waals surface area contributed by atoms with Crippen molar-refractivity contribution in [3.05, 3.63) is 43.5 Å². The van der Waals surface area contributed by atoms with E-state index in [1.54, 1.807) is 0 Å². The Bertz CT molecular complexity index is 444. The molecule has 0 amide bonds. The van der Waals surface area contributed by atoms with E-state index in [0.717, 1.165) is 6.07 Å². The first-order chi connectivity index (χ1) is 7.47. The van der Waals surface area contributed by atoms with Gasteiger partial charge in [0.2, 0.25) is 0 Å². The molecule has 0 aromatic heterocycles. The number of nitro groups is 2. The van der Waals surface area contributed by atoms with Gasteiger partial charge in [-0.25, -0.2) is 0 Å². The average Bonchev–Trinajstić information content (AvgIpc) is 2.20. The Morgan fingerprint density at radius 1 is 1.25 bits per heavy atom. The molecule has 0 atom stereocenters. The second kappa shape index (κ2) is 4.67. The van der Waals surface area contributed by atoms with E-state index in [1.807, 2.05) is 0 Å². The topological polar surface area (TPSA) is 107 Å². The summed E-state index contributed by atoms with van der Waals surface area (Å²) in [4.78, 5) is 19.9. The van der Waals surface area contributed by atoms with Gasteiger partial charge in [0.25, 0.3) is 11.4 Å². The maximum absolute atomic E-state index is 10.7. The zero-order valence-corrected chi connectivity index (χ0v) is 8.54. The van der Waals surface area contributed by atoms with Crippen molar-refractivity contribution in [2.75, 3.05) is 6.61 Å². The summed E-state index contributed by atoms with van der Waals surface area (Å²) in [6, 6.07) is 2.18. The smallest absolute Gasteiger partial charge is 0.279 e. The van der Waals surface area contributed by atoms with Crippen molar-refractivity contribution in [1.29, 1.82) is 0 Å². The highest BCUT2D eigenvalue weighted by molar-refractivity contribution is 5.53. The Kier molecular flexibility index (Phi) is 3.51. The SMILES string of the molecule is Cc1c(CCO)cc([N+](=O)[O-])cc1[N+](=O)[O-]. The van der Waals surface area contributed by atoms with Crippen LogP contribution in [0.15, 0.2) is 12.1 Å². The Hall–Kier alpha value is -2.02. The van der Waals surface area contributed by atoms with E-state index in [2.05, 4.69) is 0 Å². The van der Waals surface area contributed by atoms with Crippen molar-refractivity contribution < 1.29 is 15.0 Å². The molecule has 0 bridgehead atoms. The lowest BCUT2D eigenvalue weighted by Gasteiger charge is -2.04. The van der Waals surface area contributed by atoms with Gasteiger partial charge in [-0.05, 0) is 18.9 Å². The van der Waals surface area contributed by atoms with Gasteiger partial charge in [0.15, 0.2) is 0 Å². The number of hydrogen-bond donors (Lipinski definition) is 1. The molecule has 0 saturated heterocycles. The van der Waals surface area contributed by atoms with Crippen LogP contribution in [0.2, 0.25) is 0 Å². The van der Waals surface area contributed by atoms with Gasteiger partial charge in [0.05, 0.1) is 15.9 Å². The van der Waals surface area contributed by atoms with E-state index < -0.39 is 9.85 Å².